The fraction of sp³-hybridized carbons (Fsp3) is 0.647. The molecule has 0 nitrogen and oxygen atoms in total. The normalized spacial score (nSPS) is 25.9. The number of alkyl halides is 1. The number of hydrogen-bond acceptors (Lipinski definition) is 0. The van der Waals surface area contributed by atoms with Gasteiger partial charge in [0, 0.05) is 6.42 Å². The summed E-state index contributed by atoms with van der Waals surface area (Å²) in [5, 5.41) is 0. The Morgan fingerprint density at radius 3 is 2.22 bits per heavy atom. The second-order valence-corrected chi connectivity index (χ2v) is 5.85. The van der Waals surface area contributed by atoms with Gasteiger partial charge in [0.1, 0.15) is 6.17 Å². The van der Waals surface area contributed by atoms with Crippen LogP contribution in [0, 0.1) is 5.92 Å². The van der Waals surface area contributed by atoms with Crippen LogP contribution < -0.4 is 0 Å². The van der Waals surface area contributed by atoms with E-state index in [0.29, 0.717) is 6.42 Å². The molecular weight excluding hydrogens is 223 g/mol. The second kappa shape index (κ2) is 6.36. The van der Waals surface area contributed by atoms with Gasteiger partial charge in [0.2, 0.25) is 0 Å². The Labute approximate surface area is 111 Å². The summed E-state index contributed by atoms with van der Waals surface area (Å²) in [6.07, 6.45) is 6.56. The molecule has 100 valence electrons. The number of halogens is 1. The third kappa shape index (κ3) is 3.57. The Morgan fingerprint density at radius 2 is 1.72 bits per heavy atom. The minimum absolute atomic E-state index is 0.544. The van der Waals surface area contributed by atoms with E-state index in [-0.39, 0.29) is 0 Å². The van der Waals surface area contributed by atoms with E-state index in [2.05, 4.69) is 31.2 Å². The molecule has 1 fully saturated rings. The zero-order valence-corrected chi connectivity index (χ0v) is 11.7. The van der Waals surface area contributed by atoms with Crippen molar-refractivity contribution in [2.24, 2.45) is 5.92 Å². The largest absolute Gasteiger partial charge is 0.247 e. The van der Waals surface area contributed by atoms with Crippen molar-refractivity contribution < 1.29 is 4.39 Å². The molecule has 0 spiro atoms. The van der Waals surface area contributed by atoms with E-state index in [0.717, 1.165) is 17.4 Å². The number of hydrogen-bond donors (Lipinski definition) is 0. The Balaban J connectivity index is 1.93. The van der Waals surface area contributed by atoms with E-state index in [1.807, 2.05) is 0 Å². The van der Waals surface area contributed by atoms with E-state index in [9.17, 15) is 4.39 Å². The highest BCUT2D eigenvalue weighted by Gasteiger charge is 2.21. The van der Waals surface area contributed by atoms with E-state index in [4.69, 9.17) is 0 Å². The zero-order valence-electron chi connectivity index (χ0n) is 11.7. The smallest absolute Gasteiger partial charge is 0.101 e. The van der Waals surface area contributed by atoms with Gasteiger partial charge >= 0.3 is 0 Å². The maximum Gasteiger partial charge on any atom is 0.101 e. The average Bonchev–Trinajstić information content (AvgIpc) is 2.39. The maximum absolute atomic E-state index is 12.9. The number of rotatable bonds is 4. The molecule has 1 aliphatic rings. The lowest BCUT2D eigenvalue weighted by atomic mass is 9.78. The van der Waals surface area contributed by atoms with Crippen LogP contribution in [-0.4, -0.2) is 6.17 Å². The lowest BCUT2D eigenvalue weighted by Gasteiger charge is -2.28. The summed E-state index contributed by atoms with van der Waals surface area (Å²) in [4.78, 5) is 0. The monoisotopic (exact) mass is 248 g/mol. The molecule has 0 bridgehead atoms. The standard InChI is InChI=1S/C17H25F/c1-3-14-4-8-16(9-5-14)17-10-6-15(7-11-17)12-13(2)18/h6-7,10-11,13-14,16H,3-5,8-9,12H2,1-2H3. The van der Waals surface area contributed by atoms with Crippen molar-refractivity contribution in [3.8, 4) is 0 Å². The van der Waals surface area contributed by atoms with Crippen LogP contribution in [0.25, 0.3) is 0 Å². The summed E-state index contributed by atoms with van der Waals surface area (Å²) in [7, 11) is 0. The van der Waals surface area contributed by atoms with Crippen LogP contribution in [0.1, 0.15) is 63.0 Å². The average molecular weight is 248 g/mol. The van der Waals surface area contributed by atoms with Gasteiger partial charge in [0.25, 0.3) is 0 Å². The van der Waals surface area contributed by atoms with Crippen LogP contribution in [-0.2, 0) is 6.42 Å². The third-order valence-corrected chi connectivity index (χ3v) is 4.39. The molecular formula is C17H25F. The Hall–Kier alpha value is -0.850. The van der Waals surface area contributed by atoms with Crippen LogP contribution >= 0.6 is 0 Å². The predicted molar refractivity (Wildman–Crippen MR) is 75.7 cm³/mol. The van der Waals surface area contributed by atoms with E-state index in [1.54, 1.807) is 6.92 Å². The Morgan fingerprint density at radius 1 is 1.11 bits per heavy atom. The molecule has 2 rings (SSSR count). The van der Waals surface area contributed by atoms with Crippen LogP contribution in [0.4, 0.5) is 4.39 Å². The minimum atomic E-state index is -0.740. The van der Waals surface area contributed by atoms with Crippen molar-refractivity contribution in [2.45, 2.75) is 64.5 Å². The van der Waals surface area contributed by atoms with Gasteiger partial charge in [-0.25, -0.2) is 4.39 Å². The van der Waals surface area contributed by atoms with E-state index >= 15 is 0 Å². The molecule has 0 heterocycles. The van der Waals surface area contributed by atoms with Gasteiger partial charge < -0.3 is 0 Å². The third-order valence-electron chi connectivity index (χ3n) is 4.39. The summed E-state index contributed by atoms with van der Waals surface area (Å²) in [5.41, 5.74) is 2.58. The quantitative estimate of drug-likeness (QED) is 0.681. The Kier molecular flexibility index (Phi) is 4.79. The van der Waals surface area contributed by atoms with Gasteiger partial charge in [-0.15, -0.1) is 0 Å². The summed E-state index contributed by atoms with van der Waals surface area (Å²) in [6.45, 7) is 3.93. The van der Waals surface area contributed by atoms with Crippen molar-refractivity contribution in [3.63, 3.8) is 0 Å². The fourth-order valence-electron chi connectivity index (χ4n) is 3.15. The molecule has 1 aromatic carbocycles. The molecule has 0 N–H and O–H groups in total. The lowest BCUT2D eigenvalue weighted by molar-refractivity contribution is 0.318. The molecule has 18 heavy (non-hydrogen) atoms. The molecule has 0 aromatic heterocycles. The first-order chi connectivity index (χ1) is 8.69. The van der Waals surface area contributed by atoms with Gasteiger partial charge in [-0.3, -0.25) is 0 Å². The molecule has 1 aromatic rings. The fourth-order valence-corrected chi connectivity index (χ4v) is 3.15. The van der Waals surface area contributed by atoms with E-state index < -0.39 is 6.17 Å². The van der Waals surface area contributed by atoms with Crippen molar-refractivity contribution in [1.29, 1.82) is 0 Å². The minimum Gasteiger partial charge on any atom is -0.247 e. The van der Waals surface area contributed by atoms with Crippen molar-refractivity contribution >= 4 is 0 Å². The van der Waals surface area contributed by atoms with Crippen molar-refractivity contribution in [2.75, 3.05) is 0 Å². The summed E-state index contributed by atoms with van der Waals surface area (Å²) >= 11 is 0. The van der Waals surface area contributed by atoms with Crippen molar-refractivity contribution in [1.82, 2.24) is 0 Å². The molecule has 1 unspecified atom stereocenters. The first kappa shape index (κ1) is 13.6. The molecule has 0 radical (unpaired) electrons. The molecule has 1 atom stereocenters. The first-order valence-corrected chi connectivity index (χ1v) is 7.42. The van der Waals surface area contributed by atoms with E-state index in [1.165, 1.54) is 37.7 Å². The summed E-state index contributed by atoms with van der Waals surface area (Å²) in [6, 6.07) is 8.65. The number of benzene rings is 1. The molecule has 1 heteroatoms. The van der Waals surface area contributed by atoms with Gasteiger partial charge in [-0.1, -0.05) is 37.6 Å². The molecule has 0 saturated heterocycles. The van der Waals surface area contributed by atoms with Crippen LogP contribution in [0.5, 0.6) is 0 Å². The predicted octanol–water partition coefficient (Wildman–Crippen LogP) is 5.27. The topological polar surface area (TPSA) is 0 Å². The van der Waals surface area contributed by atoms with Crippen LogP contribution in [0.15, 0.2) is 24.3 Å². The Bertz CT molecular complexity index is 344. The molecule has 1 saturated carbocycles. The summed E-state index contributed by atoms with van der Waals surface area (Å²) < 4.78 is 12.9. The van der Waals surface area contributed by atoms with Gasteiger partial charge in [0.05, 0.1) is 0 Å². The second-order valence-electron chi connectivity index (χ2n) is 5.85. The maximum atomic E-state index is 12.9. The van der Waals surface area contributed by atoms with Crippen LogP contribution in [0.2, 0.25) is 0 Å². The molecule has 0 aliphatic heterocycles. The summed E-state index contributed by atoms with van der Waals surface area (Å²) in [5.74, 6) is 1.69. The lowest BCUT2D eigenvalue weighted by Crippen LogP contribution is -2.12. The highest BCUT2D eigenvalue weighted by molar-refractivity contribution is 5.26. The molecule has 1 aliphatic carbocycles. The van der Waals surface area contributed by atoms with Gasteiger partial charge in [0.15, 0.2) is 0 Å². The van der Waals surface area contributed by atoms with Gasteiger partial charge in [-0.05, 0) is 55.6 Å². The highest BCUT2D eigenvalue weighted by Crippen LogP contribution is 2.36. The highest BCUT2D eigenvalue weighted by atomic mass is 19.1. The molecule has 0 amide bonds. The zero-order chi connectivity index (χ0) is 13.0. The van der Waals surface area contributed by atoms with Gasteiger partial charge in [-0.2, -0.15) is 0 Å². The van der Waals surface area contributed by atoms with Crippen molar-refractivity contribution in [3.05, 3.63) is 35.4 Å². The first-order valence-electron chi connectivity index (χ1n) is 7.42. The SMILES string of the molecule is CCC1CCC(c2ccc(CC(C)F)cc2)CC1. The van der Waals surface area contributed by atoms with Crippen LogP contribution in [0.3, 0.4) is 0 Å².